The van der Waals surface area contributed by atoms with Gasteiger partial charge in [0, 0.05) is 26.2 Å². The Morgan fingerprint density at radius 3 is 3.06 bits per heavy atom. The fourth-order valence-corrected chi connectivity index (χ4v) is 2.42. The molecule has 18 heavy (non-hydrogen) atoms. The molecule has 0 saturated carbocycles. The van der Waals surface area contributed by atoms with Crippen molar-refractivity contribution in [3.8, 4) is 0 Å². The van der Waals surface area contributed by atoms with Crippen LogP contribution in [0, 0.1) is 5.92 Å². The summed E-state index contributed by atoms with van der Waals surface area (Å²) in [5.41, 5.74) is 0. The van der Waals surface area contributed by atoms with Gasteiger partial charge in [-0.1, -0.05) is 0 Å². The highest BCUT2D eigenvalue weighted by atomic mass is 35.5. The Morgan fingerprint density at radius 1 is 1.56 bits per heavy atom. The van der Waals surface area contributed by atoms with Crippen LogP contribution in [0.2, 0.25) is 0 Å². The molecule has 2 aliphatic heterocycles. The number of morpholine rings is 1. The number of likely N-dealkylation sites (N-methyl/N-ethyl adjacent to an activating group) is 1. The highest BCUT2D eigenvalue weighted by Gasteiger charge is 2.23. The Morgan fingerprint density at radius 2 is 2.39 bits per heavy atom. The summed E-state index contributed by atoms with van der Waals surface area (Å²) < 4.78 is 5.61. The summed E-state index contributed by atoms with van der Waals surface area (Å²) in [6.07, 6.45) is 2.25. The molecule has 2 rings (SSSR count). The van der Waals surface area contributed by atoms with Crippen LogP contribution in [-0.2, 0) is 9.53 Å². The summed E-state index contributed by atoms with van der Waals surface area (Å²) in [5.74, 6) is 0.319. The molecule has 2 saturated heterocycles. The van der Waals surface area contributed by atoms with Crippen molar-refractivity contribution in [2.45, 2.75) is 18.9 Å². The second-order valence-electron chi connectivity index (χ2n) is 5.04. The Bertz CT molecular complexity index is 260. The van der Waals surface area contributed by atoms with Crippen LogP contribution in [0.1, 0.15) is 12.8 Å². The monoisotopic (exact) mass is 277 g/mol. The molecule has 0 aromatic carbocycles. The number of hydrogen-bond donors (Lipinski definition) is 2. The average Bonchev–Trinajstić information content (AvgIpc) is 2.37. The number of ether oxygens (including phenoxy) is 1. The lowest BCUT2D eigenvalue weighted by Gasteiger charge is -2.30. The van der Waals surface area contributed by atoms with E-state index in [1.807, 2.05) is 0 Å². The third kappa shape index (κ3) is 4.72. The lowest BCUT2D eigenvalue weighted by molar-refractivity contribution is -0.126. The molecule has 0 bridgehead atoms. The third-order valence-corrected chi connectivity index (χ3v) is 3.51. The first-order valence-corrected chi connectivity index (χ1v) is 6.54. The van der Waals surface area contributed by atoms with E-state index in [2.05, 4.69) is 22.6 Å². The minimum absolute atomic E-state index is 0. The summed E-state index contributed by atoms with van der Waals surface area (Å²) in [6, 6.07) is 0. The van der Waals surface area contributed by atoms with E-state index in [9.17, 15) is 4.79 Å². The number of amides is 1. The maximum Gasteiger partial charge on any atom is 0.224 e. The minimum atomic E-state index is 0. The van der Waals surface area contributed by atoms with Gasteiger partial charge in [-0.25, -0.2) is 0 Å². The molecule has 2 fully saturated rings. The molecule has 1 unspecified atom stereocenters. The van der Waals surface area contributed by atoms with Gasteiger partial charge < -0.3 is 20.3 Å². The van der Waals surface area contributed by atoms with Crippen LogP contribution in [0.3, 0.4) is 0 Å². The number of nitrogens with one attached hydrogen (secondary N) is 2. The van der Waals surface area contributed by atoms with E-state index in [0.29, 0.717) is 6.54 Å². The van der Waals surface area contributed by atoms with Crippen molar-refractivity contribution in [2.24, 2.45) is 5.92 Å². The van der Waals surface area contributed by atoms with Crippen molar-refractivity contribution < 1.29 is 9.53 Å². The van der Waals surface area contributed by atoms with Crippen LogP contribution in [0.4, 0.5) is 0 Å². The van der Waals surface area contributed by atoms with Crippen LogP contribution >= 0.6 is 12.4 Å². The van der Waals surface area contributed by atoms with Crippen LogP contribution in [0.15, 0.2) is 0 Å². The minimum Gasteiger partial charge on any atom is -0.374 e. The summed E-state index contributed by atoms with van der Waals surface area (Å²) in [4.78, 5) is 14.1. The number of carbonyl (C=O) groups is 1. The molecule has 0 aromatic heterocycles. The molecule has 0 aromatic rings. The first-order chi connectivity index (χ1) is 8.25. The van der Waals surface area contributed by atoms with Gasteiger partial charge in [-0.15, -0.1) is 12.4 Å². The summed E-state index contributed by atoms with van der Waals surface area (Å²) in [6.45, 7) is 5.15. The van der Waals surface area contributed by atoms with Crippen molar-refractivity contribution >= 4 is 18.3 Å². The van der Waals surface area contributed by atoms with E-state index in [1.165, 1.54) is 0 Å². The summed E-state index contributed by atoms with van der Waals surface area (Å²) in [7, 11) is 2.09. The fraction of sp³-hybridized carbons (Fsp3) is 0.917. The predicted octanol–water partition coefficient (Wildman–Crippen LogP) is -0.145. The highest BCUT2D eigenvalue weighted by molar-refractivity contribution is 5.85. The van der Waals surface area contributed by atoms with Crippen molar-refractivity contribution in [1.82, 2.24) is 15.5 Å². The number of rotatable bonds is 3. The molecule has 2 heterocycles. The lowest BCUT2D eigenvalue weighted by atomic mass is 9.99. The molecule has 2 N–H and O–H groups in total. The summed E-state index contributed by atoms with van der Waals surface area (Å²) in [5, 5.41) is 6.27. The van der Waals surface area contributed by atoms with Crippen molar-refractivity contribution in [3.05, 3.63) is 0 Å². The van der Waals surface area contributed by atoms with Gasteiger partial charge >= 0.3 is 0 Å². The van der Waals surface area contributed by atoms with Gasteiger partial charge in [0.2, 0.25) is 5.91 Å². The molecule has 2 atom stereocenters. The van der Waals surface area contributed by atoms with Crippen molar-refractivity contribution in [2.75, 3.05) is 46.4 Å². The molecule has 1 amide bonds. The highest BCUT2D eigenvalue weighted by Crippen LogP contribution is 2.10. The second-order valence-corrected chi connectivity index (χ2v) is 5.04. The smallest absolute Gasteiger partial charge is 0.224 e. The normalized spacial score (nSPS) is 29.4. The molecule has 2 aliphatic rings. The van der Waals surface area contributed by atoms with Gasteiger partial charge in [0.1, 0.15) is 0 Å². The second kappa shape index (κ2) is 7.94. The first-order valence-electron chi connectivity index (χ1n) is 6.54. The number of hydrogen-bond acceptors (Lipinski definition) is 4. The lowest BCUT2D eigenvalue weighted by Crippen LogP contribution is -2.48. The largest absolute Gasteiger partial charge is 0.374 e. The first kappa shape index (κ1) is 15.7. The maximum absolute atomic E-state index is 11.9. The van der Waals surface area contributed by atoms with Gasteiger partial charge in [-0.05, 0) is 26.4 Å². The van der Waals surface area contributed by atoms with E-state index >= 15 is 0 Å². The van der Waals surface area contributed by atoms with Gasteiger partial charge in [0.15, 0.2) is 0 Å². The number of nitrogens with zero attached hydrogens (tertiary/aromatic N) is 1. The SMILES string of the molecule is CN1CCOC(CNC(=O)[C@@H]2CCCNC2)C1.Cl. The Kier molecular flexibility index (Phi) is 6.92. The number of carbonyl (C=O) groups excluding carboxylic acids is 1. The van der Waals surface area contributed by atoms with E-state index in [-0.39, 0.29) is 30.3 Å². The summed E-state index contributed by atoms with van der Waals surface area (Å²) >= 11 is 0. The zero-order valence-corrected chi connectivity index (χ0v) is 11.8. The Hall–Kier alpha value is -0.360. The van der Waals surface area contributed by atoms with E-state index in [4.69, 9.17) is 4.74 Å². The molecule has 5 nitrogen and oxygen atoms in total. The standard InChI is InChI=1S/C12H23N3O2.ClH/c1-15-5-6-17-11(9-15)8-14-12(16)10-3-2-4-13-7-10;/h10-11,13H,2-9H2,1H3,(H,14,16);1H/t10-,11?;/m1./s1. The average molecular weight is 278 g/mol. The van der Waals surface area contributed by atoms with E-state index in [0.717, 1.165) is 45.6 Å². The molecule has 0 aliphatic carbocycles. The molecule has 0 spiro atoms. The zero-order chi connectivity index (χ0) is 12.1. The van der Waals surface area contributed by atoms with E-state index < -0.39 is 0 Å². The molecular weight excluding hydrogens is 254 g/mol. The van der Waals surface area contributed by atoms with Crippen LogP contribution in [-0.4, -0.2) is 63.3 Å². The third-order valence-electron chi connectivity index (χ3n) is 3.51. The van der Waals surface area contributed by atoms with Gasteiger partial charge in [-0.3, -0.25) is 4.79 Å². The zero-order valence-electron chi connectivity index (χ0n) is 11.0. The van der Waals surface area contributed by atoms with E-state index in [1.54, 1.807) is 0 Å². The Balaban J connectivity index is 0.00000162. The fourth-order valence-electron chi connectivity index (χ4n) is 2.42. The molecule has 6 heteroatoms. The van der Waals surface area contributed by atoms with Crippen molar-refractivity contribution in [3.63, 3.8) is 0 Å². The maximum atomic E-state index is 11.9. The number of halogens is 1. The molecular formula is C12H24ClN3O2. The van der Waals surface area contributed by atoms with Gasteiger partial charge in [0.05, 0.1) is 18.6 Å². The molecule has 0 radical (unpaired) electrons. The quantitative estimate of drug-likeness (QED) is 0.754. The topological polar surface area (TPSA) is 53.6 Å². The van der Waals surface area contributed by atoms with Crippen LogP contribution in [0.5, 0.6) is 0 Å². The Labute approximate surface area is 115 Å². The van der Waals surface area contributed by atoms with Gasteiger partial charge in [0.25, 0.3) is 0 Å². The van der Waals surface area contributed by atoms with Crippen LogP contribution in [0.25, 0.3) is 0 Å². The molecule has 106 valence electrons. The van der Waals surface area contributed by atoms with Crippen LogP contribution < -0.4 is 10.6 Å². The van der Waals surface area contributed by atoms with Crippen molar-refractivity contribution in [1.29, 1.82) is 0 Å². The number of piperidine rings is 1. The van der Waals surface area contributed by atoms with Gasteiger partial charge in [-0.2, -0.15) is 0 Å². The predicted molar refractivity (Wildman–Crippen MR) is 73.1 cm³/mol.